The van der Waals surface area contributed by atoms with E-state index >= 15 is 0 Å². The molecule has 0 aliphatic rings. The second-order valence-corrected chi connectivity index (χ2v) is 5.90. The molecule has 0 saturated carbocycles. The summed E-state index contributed by atoms with van der Waals surface area (Å²) in [7, 11) is 0. The van der Waals surface area contributed by atoms with Crippen LogP contribution in [0, 0.1) is 13.8 Å². The zero-order valence-electron chi connectivity index (χ0n) is 15.2. The number of ether oxygens (including phenoxy) is 3. The van der Waals surface area contributed by atoms with Crippen LogP contribution < -0.4 is 9.47 Å². The Morgan fingerprint density at radius 3 is 2.62 bits per heavy atom. The van der Waals surface area contributed by atoms with Crippen LogP contribution in [0.15, 0.2) is 46.9 Å². The lowest BCUT2D eigenvalue weighted by molar-refractivity contribution is 0.0416. The van der Waals surface area contributed by atoms with Crippen LogP contribution in [0.4, 0.5) is 0 Å². The van der Waals surface area contributed by atoms with Crippen LogP contribution >= 0.6 is 0 Å². The molecule has 0 saturated heterocycles. The quantitative estimate of drug-likeness (QED) is 0.455. The summed E-state index contributed by atoms with van der Waals surface area (Å²) in [6.45, 7) is 6.74. The lowest BCUT2D eigenvalue weighted by Crippen LogP contribution is -2.12. The van der Waals surface area contributed by atoms with E-state index in [0.29, 0.717) is 12.2 Å². The molecule has 0 amide bonds. The molecule has 0 bridgehead atoms. The molecule has 2 aromatic carbocycles. The van der Waals surface area contributed by atoms with E-state index in [2.05, 4.69) is 0 Å². The molecule has 3 aromatic rings. The summed E-state index contributed by atoms with van der Waals surface area (Å²) >= 11 is 0. The number of hydrogen-bond donors (Lipinski definition) is 0. The zero-order chi connectivity index (χ0) is 18.5. The van der Waals surface area contributed by atoms with Crippen LogP contribution in [-0.4, -0.2) is 25.8 Å². The topological polar surface area (TPSA) is 57.9 Å². The Kier molecular flexibility index (Phi) is 5.46. The van der Waals surface area contributed by atoms with Crippen molar-refractivity contribution in [2.75, 3.05) is 19.8 Å². The molecule has 3 rings (SSSR count). The van der Waals surface area contributed by atoms with Gasteiger partial charge in [-0.1, -0.05) is 18.2 Å². The van der Waals surface area contributed by atoms with Gasteiger partial charge in [0.05, 0.1) is 6.61 Å². The highest BCUT2D eigenvalue weighted by molar-refractivity contribution is 5.96. The molecule has 136 valence electrons. The van der Waals surface area contributed by atoms with E-state index in [-0.39, 0.29) is 19.0 Å². The van der Waals surface area contributed by atoms with Crippen LogP contribution in [-0.2, 0) is 4.74 Å². The Morgan fingerprint density at radius 1 is 1.04 bits per heavy atom. The van der Waals surface area contributed by atoms with Gasteiger partial charge in [-0.05, 0) is 50.6 Å². The highest BCUT2D eigenvalue weighted by Gasteiger charge is 2.19. The minimum absolute atomic E-state index is 0.147. The molecule has 26 heavy (non-hydrogen) atoms. The van der Waals surface area contributed by atoms with Crippen molar-refractivity contribution in [3.05, 3.63) is 59.4 Å². The first kappa shape index (κ1) is 17.9. The number of para-hydroxylation sites is 1. The summed E-state index contributed by atoms with van der Waals surface area (Å²) in [4.78, 5) is 12.3. The molecule has 5 heteroatoms. The highest BCUT2D eigenvalue weighted by atomic mass is 16.6. The van der Waals surface area contributed by atoms with E-state index in [1.165, 1.54) is 0 Å². The van der Waals surface area contributed by atoms with Gasteiger partial charge in [-0.3, -0.25) is 0 Å². The van der Waals surface area contributed by atoms with Crippen LogP contribution in [0.1, 0.15) is 28.6 Å². The third-order valence-electron chi connectivity index (χ3n) is 4.07. The van der Waals surface area contributed by atoms with Crippen molar-refractivity contribution in [1.82, 2.24) is 0 Å². The van der Waals surface area contributed by atoms with Gasteiger partial charge >= 0.3 is 5.97 Å². The second-order valence-electron chi connectivity index (χ2n) is 5.90. The smallest absolute Gasteiger partial charge is 0.374 e. The number of benzene rings is 2. The van der Waals surface area contributed by atoms with E-state index < -0.39 is 5.97 Å². The molecule has 1 heterocycles. The summed E-state index contributed by atoms with van der Waals surface area (Å²) in [6, 6.07) is 13.2. The lowest BCUT2D eigenvalue weighted by atomic mass is 10.1. The van der Waals surface area contributed by atoms with Crippen molar-refractivity contribution in [3.8, 4) is 11.5 Å². The van der Waals surface area contributed by atoms with Crippen molar-refractivity contribution < 1.29 is 23.4 Å². The Morgan fingerprint density at radius 2 is 1.85 bits per heavy atom. The third kappa shape index (κ3) is 3.82. The molecule has 0 aliphatic heterocycles. The van der Waals surface area contributed by atoms with Gasteiger partial charge in [-0.2, -0.15) is 0 Å². The number of fused-ring (bicyclic) bond motifs is 1. The zero-order valence-corrected chi connectivity index (χ0v) is 15.2. The summed E-state index contributed by atoms with van der Waals surface area (Å²) < 4.78 is 22.1. The van der Waals surface area contributed by atoms with Crippen LogP contribution in [0.3, 0.4) is 0 Å². The monoisotopic (exact) mass is 354 g/mol. The fraction of sp³-hybridized carbons (Fsp3) is 0.286. The fourth-order valence-electron chi connectivity index (χ4n) is 2.72. The minimum atomic E-state index is -0.495. The molecule has 0 N–H and O–H groups in total. The first-order valence-electron chi connectivity index (χ1n) is 8.61. The third-order valence-corrected chi connectivity index (χ3v) is 4.07. The largest absolute Gasteiger partial charge is 0.494 e. The Balaban J connectivity index is 1.62. The normalized spacial score (nSPS) is 10.7. The maximum atomic E-state index is 12.3. The molecule has 5 nitrogen and oxygen atoms in total. The molecule has 0 fully saturated rings. The molecular formula is C21H22O5. The standard InChI is InChI=1S/C21H22O5/c1-4-23-16-9-10-19-17(13-16)15(3)20(26-19)21(22)25-12-11-24-18-8-6-5-7-14(18)2/h5-10,13H,4,11-12H2,1-3H3. The van der Waals surface area contributed by atoms with Gasteiger partial charge in [0.1, 0.15) is 30.3 Å². The first-order valence-corrected chi connectivity index (χ1v) is 8.61. The van der Waals surface area contributed by atoms with Gasteiger partial charge < -0.3 is 18.6 Å². The molecule has 0 radical (unpaired) electrons. The SMILES string of the molecule is CCOc1ccc2oc(C(=O)OCCOc3ccccc3C)c(C)c2c1. The predicted octanol–water partition coefficient (Wildman–Crippen LogP) is 4.68. The fourth-order valence-corrected chi connectivity index (χ4v) is 2.72. The number of furan rings is 1. The lowest BCUT2D eigenvalue weighted by Gasteiger charge is -2.08. The average molecular weight is 354 g/mol. The van der Waals surface area contributed by atoms with Gasteiger partial charge in [0.15, 0.2) is 0 Å². The van der Waals surface area contributed by atoms with Gasteiger partial charge in [0.25, 0.3) is 0 Å². The molecule has 0 atom stereocenters. The molecule has 0 unspecified atom stereocenters. The number of carbonyl (C=O) groups excluding carboxylic acids is 1. The summed E-state index contributed by atoms with van der Waals surface area (Å²) in [5.74, 6) is 1.25. The predicted molar refractivity (Wildman–Crippen MR) is 99.1 cm³/mol. The van der Waals surface area contributed by atoms with Crippen molar-refractivity contribution in [2.24, 2.45) is 0 Å². The summed E-state index contributed by atoms with van der Waals surface area (Å²) in [5, 5.41) is 0.846. The first-order chi connectivity index (χ1) is 12.6. The van der Waals surface area contributed by atoms with Crippen LogP contribution in [0.5, 0.6) is 11.5 Å². The maximum Gasteiger partial charge on any atom is 0.374 e. The number of aryl methyl sites for hydroxylation is 2. The Bertz CT molecular complexity index is 910. The van der Waals surface area contributed by atoms with Gasteiger partial charge in [-0.25, -0.2) is 4.79 Å². The molecule has 1 aromatic heterocycles. The van der Waals surface area contributed by atoms with Crippen molar-refractivity contribution in [2.45, 2.75) is 20.8 Å². The van der Waals surface area contributed by atoms with Crippen molar-refractivity contribution in [1.29, 1.82) is 0 Å². The number of carbonyl (C=O) groups is 1. The van der Waals surface area contributed by atoms with Crippen LogP contribution in [0.25, 0.3) is 11.0 Å². The number of rotatable bonds is 7. The van der Waals surface area contributed by atoms with E-state index in [1.807, 2.05) is 57.2 Å². The average Bonchev–Trinajstić information content (AvgIpc) is 2.97. The Labute approximate surface area is 152 Å². The van der Waals surface area contributed by atoms with Crippen molar-refractivity contribution >= 4 is 16.9 Å². The molecule has 0 spiro atoms. The van der Waals surface area contributed by atoms with E-state index in [4.69, 9.17) is 18.6 Å². The minimum Gasteiger partial charge on any atom is -0.494 e. The van der Waals surface area contributed by atoms with Gasteiger partial charge in [0.2, 0.25) is 5.76 Å². The Hall–Kier alpha value is -2.95. The maximum absolute atomic E-state index is 12.3. The highest BCUT2D eigenvalue weighted by Crippen LogP contribution is 2.29. The van der Waals surface area contributed by atoms with Gasteiger partial charge in [0, 0.05) is 10.9 Å². The van der Waals surface area contributed by atoms with E-state index in [9.17, 15) is 4.79 Å². The number of hydrogen-bond acceptors (Lipinski definition) is 5. The summed E-state index contributed by atoms with van der Waals surface area (Å²) in [5.41, 5.74) is 2.41. The molecular weight excluding hydrogens is 332 g/mol. The number of esters is 1. The van der Waals surface area contributed by atoms with Crippen molar-refractivity contribution in [3.63, 3.8) is 0 Å². The molecule has 0 aliphatic carbocycles. The van der Waals surface area contributed by atoms with Gasteiger partial charge in [-0.15, -0.1) is 0 Å². The second kappa shape index (κ2) is 7.95. The van der Waals surface area contributed by atoms with E-state index in [1.54, 1.807) is 6.07 Å². The van der Waals surface area contributed by atoms with E-state index in [0.717, 1.165) is 28.0 Å². The summed E-state index contributed by atoms with van der Waals surface area (Å²) in [6.07, 6.45) is 0. The van der Waals surface area contributed by atoms with Crippen LogP contribution in [0.2, 0.25) is 0 Å².